The van der Waals surface area contributed by atoms with E-state index >= 15 is 0 Å². The van der Waals surface area contributed by atoms with Gasteiger partial charge in [-0.05, 0) is 44.9 Å². The zero-order chi connectivity index (χ0) is 15.5. The van der Waals surface area contributed by atoms with Crippen molar-refractivity contribution in [1.29, 1.82) is 0 Å². The quantitative estimate of drug-likeness (QED) is 0.868. The summed E-state index contributed by atoms with van der Waals surface area (Å²) in [6, 6.07) is 7.64. The molecule has 5 nitrogen and oxygen atoms in total. The largest absolute Gasteiger partial charge is 0.366 e. The predicted molar refractivity (Wildman–Crippen MR) is 85.9 cm³/mol. The number of piperidine rings is 1. The summed E-state index contributed by atoms with van der Waals surface area (Å²) in [6.07, 6.45) is 3.32. The number of nitrogens with zero attached hydrogens (tertiary/aromatic N) is 1. The fourth-order valence-electron chi connectivity index (χ4n) is 3.17. The van der Waals surface area contributed by atoms with Gasteiger partial charge in [0.2, 0.25) is 10.0 Å². The van der Waals surface area contributed by atoms with Crippen LogP contribution in [0.3, 0.4) is 0 Å². The van der Waals surface area contributed by atoms with Crippen molar-refractivity contribution in [2.24, 2.45) is 5.14 Å². The molecule has 1 saturated heterocycles. The van der Waals surface area contributed by atoms with Gasteiger partial charge in [-0.25, -0.2) is 13.6 Å². The van der Waals surface area contributed by atoms with E-state index in [9.17, 15) is 8.42 Å². The number of primary sulfonamides is 1. The van der Waals surface area contributed by atoms with Crippen molar-refractivity contribution in [2.45, 2.75) is 50.1 Å². The van der Waals surface area contributed by atoms with E-state index in [0.29, 0.717) is 12.1 Å². The molecule has 21 heavy (non-hydrogen) atoms. The molecule has 2 unspecified atom stereocenters. The molecule has 1 aliphatic heterocycles. The van der Waals surface area contributed by atoms with Crippen LogP contribution in [0.15, 0.2) is 29.2 Å². The van der Waals surface area contributed by atoms with Gasteiger partial charge in [0.1, 0.15) is 4.90 Å². The summed E-state index contributed by atoms with van der Waals surface area (Å²) in [7, 11) is -3.71. The topological polar surface area (TPSA) is 75.4 Å². The minimum atomic E-state index is -3.71. The molecule has 0 spiro atoms. The Bertz CT molecular complexity index is 574. The van der Waals surface area contributed by atoms with Gasteiger partial charge in [0, 0.05) is 18.6 Å². The Balaban J connectivity index is 2.38. The molecule has 0 aliphatic carbocycles. The SMILES string of the molecule is CCNC(C)C1CCCCN1c1ccccc1S(N)(=O)=O. The molecule has 118 valence electrons. The van der Waals surface area contributed by atoms with E-state index in [0.717, 1.165) is 31.6 Å². The lowest BCUT2D eigenvalue weighted by molar-refractivity contribution is 0.371. The fourth-order valence-corrected chi connectivity index (χ4v) is 3.91. The molecule has 2 atom stereocenters. The van der Waals surface area contributed by atoms with E-state index in [2.05, 4.69) is 24.1 Å². The highest BCUT2D eigenvalue weighted by Gasteiger charge is 2.30. The lowest BCUT2D eigenvalue weighted by atomic mass is 9.95. The van der Waals surface area contributed by atoms with Gasteiger partial charge < -0.3 is 10.2 Å². The maximum absolute atomic E-state index is 11.8. The molecule has 1 aliphatic rings. The van der Waals surface area contributed by atoms with E-state index in [4.69, 9.17) is 5.14 Å². The van der Waals surface area contributed by atoms with Crippen LogP contribution in [-0.2, 0) is 10.0 Å². The van der Waals surface area contributed by atoms with Crippen LogP contribution in [0.4, 0.5) is 5.69 Å². The molecular weight excluding hydrogens is 286 g/mol. The summed E-state index contributed by atoms with van der Waals surface area (Å²) in [5, 5.41) is 8.83. The zero-order valence-electron chi connectivity index (χ0n) is 12.7. The third-order valence-corrected chi connectivity index (χ3v) is 5.09. The lowest BCUT2D eigenvalue weighted by Crippen LogP contribution is -2.51. The fraction of sp³-hybridized carbons (Fsp3) is 0.600. The summed E-state index contributed by atoms with van der Waals surface area (Å²) >= 11 is 0. The first-order valence-electron chi connectivity index (χ1n) is 7.57. The highest BCUT2D eigenvalue weighted by Crippen LogP contribution is 2.31. The highest BCUT2D eigenvalue weighted by molar-refractivity contribution is 7.89. The molecule has 0 aromatic heterocycles. The lowest BCUT2D eigenvalue weighted by Gasteiger charge is -2.41. The van der Waals surface area contributed by atoms with Gasteiger partial charge in [0.25, 0.3) is 0 Å². The number of hydrogen-bond donors (Lipinski definition) is 2. The third kappa shape index (κ3) is 3.75. The Labute approximate surface area is 127 Å². The van der Waals surface area contributed by atoms with Gasteiger partial charge in [0.05, 0.1) is 5.69 Å². The van der Waals surface area contributed by atoms with Gasteiger partial charge >= 0.3 is 0 Å². The van der Waals surface area contributed by atoms with E-state index in [1.165, 1.54) is 6.42 Å². The van der Waals surface area contributed by atoms with Gasteiger partial charge in [0.15, 0.2) is 0 Å². The number of para-hydroxylation sites is 1. The molecule has 0 saturated carbocycles. The minimum absolute atomic E-state index is 0.223. The smallest absolute Gasteiger partial charge is 0.240 e. The Hall–Kier alpha value is -1.11. The van der Waals surface area contributed by atoms with Crippen molar-refractivity contribution < 1.29 is 8.42 Å². The van der Waals surface area contributed by atoms with Gasteiger partial charge in [-0.3, -0.25) is 0 Å². The van der Waals surface area contributed by atoms with Crippen molar-refractivity contribution in [2.75, 3.05) is 18.0 Å². The summed E-state index contributed by atoms with van der Waals surface area (Å²) in [5.74, 6) is 0. The predicted octanol–water partition coefficient (Wildman–Crippen LogP) is 1.69. The summed E-state index contributed by atoms with van der Waals surface area (Å²) in [4.78, 5) is 2.43. The Morgan fingerprint density at radius 3 is 2.76 bits per heavy atom. The first-order chi connectivity index (χ1) is 9.95. The Morgan fingerprint density at radius 1 is 1.38 bits per heavy atom. The maximum Gasteiger partial charge on any atom is 0.240 e. The van der Waals surface area contributed by atoms with Gasteiger partial charge in [-0.15, -0.1) is 0 Å². The monoisotopic (exact) mass is 311 g/mol. The highest BCUT2D eigenvalue weighted by atomic mass is 32.2. The normalized spacial score (nSPS) is 21.3. The summed E-state index contributed by atoms with van der Waals surface area (Å²) in [5.41, 5.74) is 0.731. The second-order valence-electron chi connectivity index (χ2n) is 5.62. The minimum Gasteiger partial charge on any atom is -0.366 e. The average Bonchev–Trinajstić information content (AvgIpc) is 2.46. The maximum atomic E-state index is 11.8. The number of nitrogens with two attached hydrogens (primary N) is 1. The molecule has 1 aromatic carbocycles. The van der Waals surface area contributed by atoms with E-state index in [-0.39, 0.29) is 4.90 Å². The van der Waals surface area contributed by atoms with Gasteiger partial charge in [-0.1, -0.05) is 19.1 Å². The van der Waals surface area contributed by atoms with Gasteiger partial charge in [-0.2, -0.15) is 0 Å². The second kappa shape index (κ2) is 6.77. The van der Waals surface area contributed by atoms with Crippen LogP contribution in [0, 0.1) is 0 Å². The van der Waals surface area contributed by atoms with E-state index in [1.54, 1.807) is 12.1 Å². The molecule has 1 heterocycles. The first kappa shape index (κ1) is 16.3. The number of anilines is 1. The summed E-state index contributed by atoms with van der Waals surface area (Å²) in [6.45, 7) is 6.02. The van der Waals surface area contributed by atoms with Crippen LogP contribution in [0.5, 0.6) is 0 Å². The first-order valence-corrected chi connectivity index (χ1v) is 9.11. The molecule has 3 N–H and O–H groups in total. The molecule has 6 heteroatoms. The van der Waals surface area contributed by atoms with Crippen LogP contribution in [0.25, 0.3) is 0 Å². The third-order valence-electron chi connectivity index (χ3n) is 4.13. The number of benzene rings is 1. The van der Waals surface area contributed by atoms with Crippen molar-refractivity contribution >= 4 is 15.7 Å². The molecule has 2 rings (SSSR count). The molecule has 0 amide bonds. The van der Waals surface area contributed by atoms with Crippen molar-refractivity contribution in [3.8, 4) is 0 Å². The zero-order valence-corrected chi connectivity index (χ0v) is 13.6. The Morgan fingerprint density at radius 2 is 2.10 bits per heavy atom. The number of likely N-dealkylation sites (N-methyl/N-ethyl adjacent to an activating group) is 1. The van der Waals surface area contributed by atoms with Crippen LogP contribution < -0.4 is 15.4 Å². The van der Waals surface area contributed by atoms with Crippen LogP contribution in [0.1, 0.15) is 33.1 Å². The average molecular weight is 311 g/mol. The van der Waals surface area contributed by atoms with Crippen LogP contribution >= 0.6 is 0 Å². The number of nitrogens with one attached hydrogen (secondary N) is 1. The van der Waals surface area contributed by atoms with Crippen molar-refractivity contribution in [3.05, 3.63) is 24.3 Å². The number of sulfonamides is 1. The van der Waals surface area contributed by atoms with Crippen molar-refractivity contribution in [3.63, 3.8) is 0 Å². The number of rotatable bonds is 5. The van der Waals surface area contributed by atoms with E-state index < -0.39 is 10.0 Å². The molecule has 0 bridgehead atoms. The Kier molecular flexibility index (Phi) is 5.24. The van der Waals surface area contributed by atoms with Crippen LogP contribution in [-0.4, -0.2) is 33.6 Å². The second-order valence-corrected chi connectivity index (χ2v) is 7.15. The van der Waals surface area contributed by atoms with Crippen LogP contribution in [0.2, 0.25) is 0 Å². The van der Waals surface area contributed by atoms with Crippen molar-refractivity contribution in [1.82, 2.24) is 5.32 Å². The molecule has 1 aromatic rings. The summed E-state index contributed by atoms with van der Waals surface area (Å²) < 4.78 is 23.7. The molecular formula is C15H25N3O2S. The molecule has 1 fully saturated rings. The van der Waals surface area contributed by atoms with E-state index in [1.807, 2.05) is 12.1 Å². The standard InChI is InChI=1S/C15H25N3O2S/c1-3-17-12(2)13-8-6-7-11-18(13)14-9-4-5-10-15(14)21(16,19)20/h4-5,9-10,12-13,17H,3,6-8,11H2,1-2H3,(H2,16,19,20). The number of hydrogen-bond acceptors (Lipinski definition) is 4. The molecule has 0 radical (unpaired) electrons.